The minimum atomic E-state index is -4.31. The standard InChI is InChI=1S/C16H22F3NO/c1-12(20-10-11-21-13-6-2-3-7-13)14-8-4-5-9-15(14)16(17,18)19/h4-5,8-9,12-13,20H,2-3,6-7,10-11H2,1H3. The monoisotopic (exact) mass is 301 g/mol. The number of hydrogen-bond acceptors (Lipinski definition) is 2. The number of halogens is 3. The molecule has 1 aliphatic rings. The van der Waals surface area contributed by atoms with Crippen molar-refractivity contribution >= 4 is 0 Å². The molecule has 21 heavy (non-hydrogen) atoms. The van der Waals surface area contributed by atoms with Gasteiger partial charge in [-0.3, -0.25) is 0 Å². The summed E-state index contributed by atoms with van der Waals surface area (Å²) in [6.07, 6.45) is 0.664. The maximum Gasteiger partial charge on any atom is 0.416 e. The third-order valence-electron chi connectivity index (χ3n) is 3.94. The van der Waals surface area contributed by atoms with Crippen LogP contribution < -0.4 is 5.32 Å². The summed E-state index contributed by atoms with van der Waals surface area (Å²) in [6.45, 7) is 2.85. The summed E-state index contributed by atoms with van der Waals surface area (Å²) in [7, 11) is 0. The van der Waals surface area contributed by atoms with E-state index in [2.05, 4.69) is 5.32 Å². The fourth-order valence-electron chi connectivity index (χ4n) is 2.80. The van der Waals surface area contributed by atoms with Gasteiger partial charge in [-0.05, 0) is 31.4 Å². The van der Waals surface area contributed by atoms with E-state index in [1.165, 1.54) is 25.0 Å². The van der Waals surface area contributed by atoms with Crippen molar-refractivity contribution in [3.63, 3.8) is 0 Å². The van der Waals surface area contributed by atoms with Gasteiger partial charge in [0.05, 0.1) is 18.3 Å². The molecular formula is C16H22F3NO. The molecular weight excluding hydrogens is 279 g/mol. The van der Waals surface area contributed by atoms with Gasteiger partial charge in [0.15, 0.2) is 0 Å². The molecule has 1 unspecified atom stereocenters. The zero-order valence-electron chi connectivity index (χ0n) is 12.2. The van der Waals surface area contributed by atoms with Crippen molar-refractivity contribution < 1.29 is 17.9 Å². The van der Waals surface area contributed by atoms with Crippen LogP contribution in [0.4, 0.5) is 13.2 Å². The lowest BCUT2D eigenvalue weighted by molar-refractivity contribution is -0.138. The van der Waals surface area contributed by atoms with Gasteiger partial charge in [0.2, 0.25) is 0 Å². The predicted octanol–water partition coefficient (Wildman–Crippen LogP) is 4.32. The van der Waals surface area contributed by atoms with Crippen LogP contribution in [0.5, 0.6) is 0 Å². The Morgan fingerprint density at radius 3 is 2.57 bits per heavy atom. The zero-order valence-corrected chi connectivity index (χ0v) is 12.2. The van der Waals surface area contributed by atoms with Crippen LogP contribution in [0.3, 0.4) is 0 Å². The van der Waals surface area contributed by atoms with Gasteiger partial charge < -0.3 is 10.1 Å². The molecule has 0 spiro atoms. The highest BCUT2D eigenvalue weighted by Gasteiger charge is 2.33. The van der Waals surface area contributed by atoms with Gasteiger partial charge in [0.1, 0.15) is 0 Å². The molecule has 1 fully saturated rings. The molecule has 5 heteroatoms. The third kappa shape index (κ3) is 4.71. The lowest BCUT2D eigenvalue weighted by atomic mass is 10.0. The molecule has 1 aromatic carbocycles. The van der Waals surface area contributed by atoms with E-state index in [-0.39, 0.29) is 11.6 Å². The average Bonchev–Trinajstić information content (AvgIpc) is 2.95. The highest BCUT2D eigenvalue weighted by molar-refractivity contribution is 5.31. The average molecular weight is 301 g/mol. The first-order valence-corrected chi connectivity index (χ1v) is 7.49. The normalized spacial score (nSPS) is 18.1. The molecule has 0 saturated heterocycles. The third-order valence-corrected chi connectivity index (χ3v) is 3.94. The van der Waals surface area contributed by atoms with E-state index >= 15 is 0 Å². The Balaban J connectivity index is 1.84. The van der Waals surface area contributed by atoms with Crippen LogP contribution in [0.25, 0.3) is 0 Å². The van der Waals surface area contributed by atoms with Crippen LogP contribution in [0.2, 0.25) is 0 Å². The minimum Gasteiger partial charge on any atom is -0.377 e. The number of benzene rings is 1. The van der Waals surface area contributed by atoms with Crippen molar-refractivity contribution in [3.8, 4) is 0 Å². The molecule has 0 bridgehead atoms. The quantitative estimate of drug-likeness (QED) is 0.790. The van der Waals surface area contributed by atoms with Gasteiger partial charge in [0, 0.05) is 12.6 Å². The second-order valence-corrected chi connectivity index (χ2v) is 5.54. The van der Waals surface area contributed by atoms with Crippen LogP contribution in [0, 0.1) is 0 Å². The van der Waals surface area contributed by atoms with Crippen LogP contribution in [-0.2, 0) is 10.9 Å². The Morgan fingerprint density at radius 1 is 1.24 bits per heavy atom. The zero-order chi connectivity index (χ0) is 15.3. The molecule has 1 N–H and O–H groups in total. The van der Waals surface area contributed by atoms with E-state index < -0.39 is 11.7 Å². The number of rotatable bonds is 6. The van der Waals surface area contributed by atoms with Crippen LogP contribution in [0.1, 0.15) is 49.8 Å². The second kappa shape index (κ2) is 7.27. The molecule has 0 radical (unpaired) electrons. The highest BCUT2D eigenvalue weighted by Crippen LogP contribution is 2.34. The predicted molar refractivity (Wildman–Crippen MR) is 76.1 cm³/mol. The smallest absolute Gasteiger partial charge is 0.377 e. The summed E-state index contributed by atoms with van der Waals surface area (Å²) >= 11 is 0. The summed E-state index contributed by atoms with van der Waals surface area (Å²) in [4.78, 5) is 0. The van der Waals surface area contributed by atoms with E-state index in [1.807, 2.05) is 0 Å². The summed E-state index contributed by atoms with van der Waals surface area (Å²) in [5.41, 5.74) is -0.285. The molecule has 2 nitrogen and oxygen atoms in total. The maximum atomic E-state index is 12.9. The summed E-state index contributed by atoms with van der Waals surface area (Å²) in [6, 6.07) is 5.36. The molecule has 0 aromatic heterocycles. The Bertz CT molecular complexity index is 441. The van der Waals surface area contributed by atoms with Crippen molar-refractivity contribution in [3.05, 3.63) is 35.4 Å². The van der Waals surface area contributed by atoms with E-state index in [4.69, 9.17) is 4.74 Å². The number of alkyl halides is 3. The number of hydrogen-bond donors (Lipinski definition) is 1. The molecule has 1 aromatic rings. The van der Waals surface area contributed by atoms with Gasteiger partial charge >= 0.3 is 6.18 Å². The molecule has 0 aliphatic heterocycles. The molecule has 1 atom stereocenters. The fraction of sp³-hybridized carbons (Fsp3) is 0.625. The molecule has 1 aliphatic carbocycles. The Labute approximate surface area is 123 Å². The first kappa shape index (κ1) is 16.3. The lowest BCUT2D eigenvalue weighted by Gasteiger charge is -2.20. The molecule has 118 valence electrons. The summed E-state index contributed by atoms with van der Waals surface area (Å²) in [5.74, 6) is 0. The van der Waals surface area contributed by atoms with Gasteiger partial charge in [-0.1, -0.05) is 31.0 Å². The number of ether oxygens (including phenoxy) is 1. The fourth-order valence-corrected chi connectivity index (χ4v) is 2.80. The molecule has 1 saturated carbocycles. The first-order valence-electron chi connectivity index (χ1n) is 7.49. The van der Waals surface area contributed by atoms with Gasteiger partial charge in [0.25, 0.3) is 0 Å². The van der Waals surface area contributed by atoms with Gasteiger partial charge in [-0.2, -0.15) is 13.2 Å². The van der Waals surface area contributed by atoms with Crippen LogP contribution in [0.15, 0.2) is 24.3 Å². The van der Waals surface area contributed by atoms with Crippen molar-refractivity contribution in [1.82, 2.24) is 5.32 Å². The lowest BCUT2D eigenvalue weighted by Crippen LogP contribution is -2.26. The summed E-state index contributed by atoms with van der Waals surface area (Å²) < 4.78 is 44.5. The maximum absolute atomic E-state index is 12.9. The Kier molecular flexibility index (Phi) is 5.65. The topological polar surface area (TPSA) is 21.3 Å². The van der Waals surface area contributed by atoms with E-state index in [1.54, 1.807) is 13.0 Å². The van der Waals surface area contributed by atoms with E-state index in [0.717, 1.165) is 18.9 Å². The van der Waals surface area contributed by atoms with E-state index in [0.29, 0.717) is 19.3 Å². The largest absolute Gasteiger partial charge is 0.416 e. The molecule has 0 heterocycles. The van der Waals surface area contributed by atoms with Crippen molar-refractivity contribution in [2.24, 2.45) is 0 Å². The second-order valence-electron chi connectivity index (χ2n) is 5.54. The SMILES string of the molecule is CC(NCCOC1CCCC1)c1ccccc1C(F)(F)F. The van der Waals surface area contributed by atoms with E-state index in [9.17, 15) is 13.2 Å². The minimum absolute atomic E-state index is 0.283. The van der Waals surface area contributed by atoms with Crippen molar-refractivity contribution in [1.29, 1.82) is 0 Å². The summed E-state index contributed by atoms with van der Waals surface area (Å²) in [5, 5.41) is 3.11. The highest BCUT2D eigenvalue weighted by atomic mass is 19.4. The van der Waals surface area contributed by atoms with Gasteiger partial charge in [-0.15, -0.1) is 0 Å². The first-order chi connectivity index (χ1) is 9.98. The van der Waals surface area contributed by atoms with Crippen LogP contribution in [-0.4, -0.2) is 19.3 Å². The van der Waals surface area contributed by atoms with Gasteiger partial charge in [-0.25, -0.2) is 0 Å². The van der Waals surface area contributed by atoms with Crippen molar-refractivity contribution in [2.45, 2.75) is 50.9 Å². The Morgan fingerprint density at radius 2 is 1.90 bits per heavy atom. The Hall–Kier alpha value is -1.07. The number of nitrogens with one attached hydrogen (secondary N) is 1. The molecule has 0 amide bonds. The van der Waals surface area contributed by atoms with Crippen molar-refractivity contribution in [2.75, 3.05) is 13.2 Å². The van der Waals surface area contributed by atoms with Crippen LogP contribution >= 0.6 is 0 Å². The molecule has 2 rings (SSSR count).